The molecule has 11 aromatic rings. The molecule has 0 aliphatic carbocycles. The summed E-state index contributed by atoms with van der Waals surface area (Å²) in [5.74, 6) is 0.401. The monoisotopic (exact) mass is 1320 g/mol. The normalized spacial score (nSPS) is 14.7. The molecule has 9 aromatic carbocycles. The zero-order chi connectivity index (χ0) is 67.5. The van der Waals surface area contributed by atoms with E-state index in [1.807, 2.05) is 117 Å². The summed E-state index contributed by atoms with van der Waals surface area (Å²) < 4.78 is 91.6. The first-order chi connectivity index (χ1) is 44.2. The molecule has 0 saturated heterocycles. The summed E-state index contributed by atoms with van der Waals surface area (Å²) in [6.07, 6.45) is -1.78. The number of fused-ring (bicyclic) bond motifs is 4. The molecule has 0 N–H and O–H groups in total. The van der Waals surface area contributed by atoms with E-state index >= 15 is 0 Å². The van der Waals surface area contributed by atoms with Crippen molar-refractivity contribution in [3.63, 3.8) is 0 Å². The third kappa shape index (κ3) is 12.1. The van der Waals surface area contributed by atoms with E-state index in [-0.39, 0.29) is 61.2 Å². The largest absolute Gasteiger partial charge is 0.509 e. The molecule has 0 amide bonds. The molecule has 2 aromatic heterocycles. The van der Waals surface area contributed by atoms with Gasteiger partial charge in [0.2, 0.25) is 0 Å². The Kier molecular flexibility index (Phi) is 13.6. The van der Waals surface area contributed by atoms with E-state index in [0.717, 1.165) is 72.6 Å². The van der Waals surface area contributed by atoms with E-state index in [4.69, 9.17) is 13.8 Å². The Labute approximate surface area is 538 Å². The molecule has 0 spiro atoms. The van der Waals surface area contributed by atoms with Crippen LogP contribution in [0, 0.1) is 30.6 Å². The fraction of sp³-hybridized carbons (Fsp3) is 0.250. The first kappa shape index (κ1) is 49.2. The third-order valence-electron chi connectivity index (χ3n) is 15.8. The van der Waals surface area contributed by atoms with Gasteiger partial charge in [-0.2, -0.15) is 6.07 Å². The van der Waals surface area contributed by atoms with Gasteiger partial charge in [0.1, 0.15) is 5.82 Å². The maximum absolute atomic E-state index is 9.84. The number of hydrogen-bond acceptors (Lipinski definition) is 4. The van der Waals surface area contributed by atoms with Crippen LogP contribution in [0.2, 0.25) is 0 Å². The minimum absolute atomic E-state index is 0. The van der Waals surface area contributed by atoms with Crippen LogP contribution in [0.4, 0.5) is 22.7 Å². The molecule has 0 radical (unpaired) electrons. The van der Waals surface area contributed by atoms with Crippen molar-refractivity contribution in [2.75, 3.05) is 9.80 Å². The molecule has 6 heteroatoms. The molecule has 438 valence electrons. The van der Waals surface area contributed by atoms with E-state index in [2.05, 4.69) is 164 Å². The predicted molar refractivity (Wildman–Crippen MR) is 359 cm³/mol. The second-order valence-corrected chi connectivity index (χ2v) is 26.1. The van der Waals surface area contributed by atoms with Crippen LogP contribution in [0.15, 0.2) is 200 Å². The second kappa shape index (κ2) is 23.7. The van der Waals surface area contributed by atoms with Crippen LogP contribution < -0.4 is 14.5 Å². The molecule has 3 heterocycles. The van der Waals surface area contributed by atoms with Crippen LogP contribution in [0.3, 0.4) is 0 Å². The minimum Gasteiger partial charge on any atom is -0.509 e. The van der Waals surface area contributed by atoms with Gasteiger partial charge in [-0.1, -0.05) is 216 Å². The Morgan fingerprint density at radius 3 is 1.85 bits per heavy atom. The number of pyridine rings is 1. The van der Waals surface area contributed by atoms with Crippen LogP contribution in [0.25, 0.3) is 72.1 Å². The molecule has 0 fully saturated rings. The number of anilines is 4. The van der Waals surface area contributed by atoms with E-state index in [9.17, 15) is 8.22 Å². The van der Waals surface area contributed by atoms with Gasteiger partial charge in [0.15, 0.2) is 0 Å². The number of benzene rings is 9. The number of para-hydroxylation sites is 2. The zero-order valence-electron chi connectivity index (χ0n) is 60.4. The molecule has 0 unspecified atom stereocenters. The molecule has 12 rings (SSSR count). The summed E-state index contributed by atoms with van der Waals surface area (Å²) in [7, 11) is 0. The molecule has 1 aliphatic heterocycles. The average molecular weight is 1320 g/mol. The van der Waals surface area contributed by atoms with Crippen molar-refractivity contribution in [3.05, 3.63) is 247 Å². The first-order valence-electron chi connectivity index (χ1n) is 34.1. The summed E-state index contributed by atoms with van der Waals surface area (Å²) in [5, 5.41) is 1.28. The summed E-state index contributed by atoms with van der Waals surface area (Å²) >= 11 is 0. The fourth-order valence-electron chi connectivity index (χ4n) is 11.4. The SMILES string of the molecule is [2H]c1c([2H])c([2H])c(-c2cc(-c3cc(C(C)(C)C)cc(-c4cccc(-c5ccccc5)c4)c3N3[CH-]N(c4[c-]c(Oc5[c-]c6c(c(C([2H])([2H])C(C)C)c5)c5cc(C([2H])([2H])C(C)C)ccc5n6-c5cc(C(C)(C)C)ccn5)ccc4)c4ccccc43)cc(C(C)(C)C)c2)c([2H])c1[2H].[Pt]. The van der Waals surface area contributed by atoms with Crippen molar-refractivity contribution in [1.82, 2.24) is 9.55 Å². The number of ether oxygens (including phenoxy) is 1. The molecular formula is C80H79N4OPt-3. The van der Waals surface area contributed by atoms with Crippen LogP contribution in [-0.4, -0.2) is 9.55 Å². The van der Waals surface area contributed by atoms with Gasteiger partial charge in [-0.05, 0) is 156 Å². The maximum Gasteiger partial charge on any atom is 0.135 e. The Balaban J connectivity index is 0.00000919. The number of nitrogens with zero attached hydrogens (tertiary/aromatic N) is 4. The Morgan fingerprint density at radius 2 is 1.15 bits per heavy atom. The van der Waals surface area contributed by atoms with E-state index in [1.165, 1.54) is 0 Å². The Morgan fingerprint density at radius 1 is 0.535 bits per heavy atom. The summed E-state index contributed by atoms with van der Waals surface area (Å²) in [4.78, 5) is 9.25. The van der Waals surface area contributed by atoms with E-state index < -0.39 is 42.2 Å². The van der Waals surface area contributed by atoms with Crippen molar-refractivity contribution in [2.24, 2.45) is 11.8 Å². The maximum atomic E-state index is 9.84. The van der Waals surface area contributed by atoms with Crippen LogP contribution in [-0.2, 0) is 50.1 Å². The van der Waals surface area contributed by atoms with E-state index in [0.29, 0.717) is 50.2 Å². The number of hydrogen-bond donors (Lipinski definition) is 0. The Hall–Kier alpha value is -7.98. The standard InChI is InChI=1S/C80H79N4O.Pt/c1-52(2)38-54-34-35-71-70(40-54)76-61(39-53(3)4)45-67(50-74(76)84(71)75-48-62(36-37-81-75)78(5,6)7)85-66-31-23-30-65(49-66)82-51-83(73-33-21-20-32-72(73)82)77-68(58-29-22-28-57(41-58)55-24-16-14-17-25-55)46-64(80(11,12)13)47-69(77)60-42-59(56-26-18-15-19-27-56)43-63(44-60)79(8,9)10;/h14-37,40-48,51-53H,38-39H2,1-13H3;/q-3;/i15D,18D,19D,26D,27D,38D2,39D2;. The minimum atomic E-state index is -1.90. The number of aromatic nitrogens is 2. The third-order valence-corrected chi connectivity index (χ3v) is 15.8. The summed E-state index contributed by atoms with van der Waals surface area (Å²) in [6, 6.07) is 60.4. The molecule has 0 bridgehead atoms. The predicted octanol–water partition coefficient (Wildman–Crippen LogP) is 21.9. The first-order valence-corrected chi connectivity index (χ1v) is 29.6. The summed E-state index contributed by atoms with van der Waals surface area (Å²) in [5.41, 5.74) is 13.7. The van der Waals surface area contributed by atoms with Gasteiger partial charge < -0.3 is 19.1 Å². The van der Waals surface area contributed by atoms with Gasteiger partial charge in [0.05, 0.1) is 6.85 Å². The number of rotatable bonds is 13. The van der Waals surface area contributed by atoms with Crippen molar-refractivity contribution >= 4 is 44.6 Å². The van der Waals surface area contributed by atoms with Gasteiger partial charge in [-0.25, -0.2) is 4.98 Å². The molecule has 0 atom stereocenters. The van der Waals surface area contributed by atoms with Crippen molar-refractivity contribution < 1.29 is 38.1 Å². The smallest absolute Gasteiger partial charge is 0.135 e. The topological polar surface area (TPSA) is 33.5 Å². The molecule has 1 aliphatic rings. The van der Waals surface area contributed by atoms with Gasteiger partial charge in [0.25, 0.3) is 0 Å². The Bertz CT molecular complexity index is 4760. The molecule has 5 nitrogen and oxygen atoms in total. The summed E-state index contributed by atoms with van der Waals surface area (Å²) in [6.45, 7) is 29.0. The quantitative estimate of drug-likeness (QED) is 0.108. The zero-order valence-corrected chi connectivity index (χ0v) is 53.7. The van der Waals surface area contributed by atoms with Gasteiger partial charge in [-0.3, -0.25) is 0 Å². The van der Waals surface area contributed by atoms with Crippen molar-refractivity contribution in [1.29, 1.82) is 0 Å². The average Bonchev–Trinajstić information content (AvgIpc) is 1.65. The van der Waals surface area contributed by atoms with Crippen LogP contribution >= 0.6 is 0 Å². The van der Waals surface area contributed by atoms with Crippen molar-refractivity contribution in [2.45, 2.75) is 119 Å². The van der Waals surface area contributed by atoms with Gasteiger partial charge in [-0.15, -0.1) is 48.3 Å². The molecule has 0 saturated carbocycles. The van der Waals surface area contributed by atoms with Crippen molar-refractivity contribution in [3.8, 4) is 61.8 Å². The molecule has 86 heavy (non-hydrogen) atoms. The van der Waals surface area contributed by atoms with Crippen LogP contribution in [0.1, 0.15) is 130 Å². The van der Waals surface area contributed by atoms with Gasteiger partial charge in [0, 0.05) is 77.9 Å². The van der Waals surface area contributed by atoms with Crippen LogP contribution in [0.5, 0.6) is 11.5 Å². The van der Waals surface area contributed by atoms with Gasteiger partial charge >= 0.3 is 0 Å². The van der Waals surface area contributed by atoms with E-state index in [1.54, 1.807) is 12.3 Å². The second-order valence-electron chi connectivity index (χ2n) is 26.1. The fourth-order valence-corrected chi connectivity index (χ4v) is 11.4. The molecular weight excluding hydrogens is 1230 g/mol.